The Morgan fingerprint density at radius 1 is 1.31 bits per heavy atom. The van der Waals surface area contributed by atoms with Gasteiger partial charge in [-0.2, -0.15) is 0 Å². The smallest absolute Gasteiger partial charge is 0.151 e. The number of hydrogen-bond acceptors (Lipinski definition) is 4. The van der Waals surface area contributed by atoms with E-state index in [1.165, 1.54) is 0 Å². The van der Waals surface area contributed by atoms with E-state index < -0.39 is 9.84 Å². The van der Waals surface area contributed by atoms with Crippen LogP contribution in [0.25, 0.3) is 0 Å². The molecule has 0 spiro atoms. The summed E-state index contributed by atoms with van der Waals surface area (Å²) in [7, 11) is -2.80. The van der Waals surface area contributed by atoms with Gasteiger partial charge >= 0.3 is 0 Å². The molecule has 1 aliphatic heterocycles. The highest BCUT2D eigenvalue weighted by Crippen LogP contribution is 2.10. The van der Waals surface area contributed by atoms with Gasteiger partial charge in [-0.1, -0.05) is 20.3 Å². The van der Waals surface area contributed by atoms with Gasteiger partial charge in [-0.25, -0.2) is 8.42 Å². The van der Waals surface area contributed by atoms with Crippen molar-refractivity contribution in [1.82, 2.24) is 4.90 Å². The number of hydrogen-bond donors (Lipinski definition) is 1. The van der Waals surface area contributed by atoms with Crippen molar-refractivity contribution in [3.8, 4) is 0 Å². The molecule has 1 rings (SSSR count). The summed E-state index contributed by atoms with van der Waals surface area (Å²) in [4.78, 5) is 2.20. The van der Waals surface area contributed by atoms with Gasteiger partial charge in [-0.15, -0.1) is 0 Å². The van der Waals surface area contributed by atoms with Crippen LogP contribution in [0, 0.1) is 5.92 Å². The normalized spacial score (nSPS) is 25.9. The van der Waals surface area contributed by atoms with Crippen molar-refractivity contribution in [2.75, 3.05) is 31.1 Å². The average Bonchev–Trinajstić information content (AvgIpc) is 2.39. The fraction of sp³-hybridized carbons (Fsp3) is 1.00. The molecular weight excluding hydrogens is 224 g/mol. The van der Waals surface area contributed by atoms with Crippen molar-refractivity contribution >= 4 is 9.84 Å². The van der Waals surface area contributed by atoms with Gasteiger partial charge < -0.3 is 10.6 Å². The summed E-state index contributed by atoms with van der Waals surface area (Å²) in [6.45, 7) is 6.62. The van der Waals surface area contributed by atoms with Crippen LogP contribution in [0.4, 0.5) is 0 Å². The summed E-state index contributed by atoms with van der Waals surface area (Å²) in [5.74, 6) is 1.13. The fourth-order valence-electron chi connectivity index (χ4n) is 1.95. The van der Waals surface area contributed by atoms with Gasteiger partial charge in [0, 0.05) is 19.1 Å². The standard InChI is InChI=1S/C11H24N2O2S/c1-3-10(2)11(12)9-13-5-4-7-16(14,15)8-6-13/h10-11H,3-9,12H2,1-2H3. The molecule has 2 N–H and O–H groups in total. The number of rotatable bonds is 4. The minimum atomic E-state index is -2.80. The minimum absolute atomic E-state index is 0.158. The van der Waals surface area contributed by atoms with Crippen LogP contribution < -0.4 is 5.73 Å². The molecule has 1 aliphatic rings. The molecule has 0 bridgehead atoms. The van der Waals surface area contributed by atoms with Gasteiger partial charge in [-0.3, -0.25) is 0 Å². The Balaban J connectivity index is 2.44. The Bertz CT molecular complexity index is 303. The van der Waals surface area contributed by atoms with E-state index in [4.69, 9.17) is 5.73 Å². The molecule has 1 heterocycles. The van der Waals surface area contributed by atoms with Crippen LogP contribution >= 0.6 is 0 Å². The van der Waals surface area contributed by atoms with Crippen molar-refractivity contribution in [3.05, 3.63) is 0 Å². The summed E-state index contributed by atoms with van der Waals surface area (Å²) in [6, 6.07) is 0.158. The third-order valence-electron chi connectivity index (χ3n) is 3.49. The zero-order valence-corrected chi connectivity index (χ0v) is 11.2. The third-order valence-corrected chi connectivity index (χ3v) is 5.21. The second kappa shape index (κ2) is 5.98. The lowest BCUT2D eigenvalue weighted by atomic mass is 9.99. The van der Waals surface area contributed by atoms with Crippen LogP contribution in [-0.2, 0) is 9.84 Å². The summed E-state index contributed by atoms with van der Waals surface area (Å²) in [5.41, 5.74) is 6.09. The lowest BCUT2D eigenvalue weighted by molar-refractivity contribution is 0.247. The zero-order valence-electron chi connectivity index (χ0n) is 10.4. The Labute approximate surface area is 99.1 Å². The van der Waals surface area contributed by atoms with Gasteiger partial charge in [0.25, 0.3) is 0 Å². The van der Waals surface area contributed by atoms with Gasteiger partial charge in [0.2, 0.25) is 0 Å². The van der Waals surface area contributed by atoms with Crippen molar-refractivity contribution in [1.29, 1.82) is 0 Å². The Hall–Kier alpha value is -0.130. The Kier molecular flexibility index (Phi) is 5.21. The lowest BCUT2D eigenvalue weighted by Crippen LogP contribution is -2.42. The van der Waals surface area contributed by atoms with E-state index in [0.29, 0.717) is 24.0 Å². The molecule has 0 saturated carbocycles. The van der Waals surface area contributed by atoms with Crippen LogP contribution in [-0.4, -0.2) is 50.5 Å². The largest absolute Gasteiger partial charge is 0.326 e. The molecule has 2 unspecified atom stereocenters. The van der Waals surface area contributed by atoms with E-state index in [-0.39, 0.29) is 6.04 Å². The second-order valence-corrected chi connectivity index (χ2v) is 7.16. The monoisotopic (exact) mass is 248 g/mol. The topological polar surface area (TPSA) is 63.4 Å². The van der Waals surface area contributed by atoms with Gasteiger partial charge in [0.15, 0.2) is 9.84 Å². The molecule has 0 aromatic rings. The maximum atomic E-state index is 11.4. The second-order valence-electron chi connectivity index (χ2n) is 4.86. The molecule has 0 radical (unpaired) electrons. The predicted octanol–water partition coefficient (Wildman–Crippen LogP) is 0.480. The summed E-state index contributed by atoms with van der Waals surface area (Å²) >= 11 is 0. The van der Waals surface area contributed by atoms with Crippen LogP contribution in [0.5, 0.6) is 0 Å². The van der Waals surface area contributed by atoms with Gasteiger partial charge in [-0.05, 0) is 18.9 Å². The quantitative estimate of drug-likeness (QED) is 0.786. The molecular formula is C11H24N2O2S. The van der Waals surface area contributed by atoms with Crippen molar-refractivity contribution < 1.29 is 8.42 Å². The van der Waals surface area contributed by atoms with E-state index in [9.17, 15) is 8.42 Å². The highest BCUT2D eigenvalue weighted by atomic mass is 32.2. The minimum Gasteiger partial charge on any atom is -0.326 e. The first-order chi connectivity index (χ1) is 7.44. The zero-order chi connectivity index (χ0) is 12.2. The highest BCUT2D eigenvalue weighted by Gasteiger charge is 2.21. The molecule has 0 aromatic carbocycles. The summed E-state index contributed by atoms with van der Waals surface area (Å²) < 4.78 is 22.9. The van der Waals surface area contributed by atoms with Crippen LogP contribution in [0.2, 0.25) is 0 Å². The van der Waals surface area contributed by atoms with E-state index in [2.05, 4.69) is 18.7 Å². The molecule has 5 heteroatoms. The Morgan fingerprint density at radius 3 is 2.62 bits per heavy atom. The Morgan fingerprint density at radius 2 is 2.00 bits per heavy atom. The van der Waals surface area contributed by atoms with Crippen molar-refractivity contribution in [2.45, 2.75) is 32.7 Å². The molecule has 1 saturated heterocycles. The molecule has 0 aromatic heterocycles. The van der Waals surface area contributed by atoms with Crippen LogP contribution in [0.1, 0.15) is 26.7 Å². The molecule has 1 fully saturated rings. The fourth-order valence-corrected chi connectivity index (χ4v) is 3.26. The third kappa shape index (κ3) is 4.39. The molecule has 4 nitrogen and oxygen atoms in total. The molecule has 0 amide bonds. The van der Waals surface area contributed by atoms with E-state index in [1.54, 1.807) is 0 Å². The SMILES string of the molecule is CCC(C)C(N)CN1CCCS(=O)(=O)CC1. The summed E-state index contributed by atoms with van der Waals surface area (Å²) in [6.07, 6.45) is 1.82. The van der Waals surface area contributed by atoms with Crippen molar-refractivity contribution in [2.24, 2.45) is 11.7 Å². The first-order valence-corrected chi connectivity index (χ1v) is 7.95. The molecule has 16 heavy (non-hydrogen) atoms. The first-order valence-electron chi connectivity index (χ1n) is 6.13. The van der Waals surface area contributed by atoms with E-state index in [0.717, 1.165) is 25.9 Å². The molecule has 0 aliphatic carbocycles. The van der Waals surface area contributed by atoms with Gasteiger partial charge in [0.05, 0.1) is 11.5 Å². The average molecular weight is 248 g/mol. The van der Waals surface area contributed by atoms with Crippen molar-refractivity contribution in [3.63, 3.8) is 0 Å². The van der Waals surface area contributed by atoms with E-state index >= 15 is 0 Å². The first kappa shape index (κ1) is 13.9. The highest BCUT2D eigenvalue weighted by molar-refractivity contribution is 7.91. The molecule has 2 atom stereocenters. The molecule has 96 valence electrons. The number of nitrogens with two attached hydrogens (primary N) is 1. The maximum Gasteiger partial charge on any atom is 0.151 e. The van der Waals surface area contributed by atoms with Gasteiger partial charge in [0.1, 0.15) is 0 Å². The number of sulfone groups is 1. The number of nitrogens with zero attached hydrogens (tertiary/aromatic N) is 1. The maximum absolute atomic E-state index is 11.4. The summed E-state index contributed by atoms with van der Waals surface area (Å²) in [5, 5.41) is 0. The van der Waals surface area contributed by atoms with Crippen LogP contribution in [0.15, 0.2) is 0 Å². The lowest BCUT2D eigenvalue weighted by Gasteiger charge is -2.26. The predicted molar refractivity (Wildman–Crippen MR) is 67.1 cm³/mol. The van der Waals surface area contributed by atoms with Crippen LogP contribution in [0.3, 0.4) is 0 Å². The van der Waals surface area contributed by atoms with E-state index in [1.807, 2.05) is 0 Å².